The van der Waals surface area contributed by atoms with Crippen LogP contribution in [0, 0.1) is 12.3 Å². The highest BCUT2D eigenvalue weighted by atomic mass is 16.6. The van der Waals surface area contributed by atoms with E-state index in [2.05, 4.69) is 4.98 Å². The van der Waals surface area contributed by atoms with E-state index in [0.29, 0.717) is 51.5 Å². The van der Waals surface area contributed by atoms with Gasteiger partial charge in [-0.2, -0.15) is 0 Å². The number of nitrogens with zero attached hydrogens (tertiary/aromatic N) is 2. The summed E-state index contributed by atoms with van der Waals surface area (Å²) in [6, 6.07) is 13.6. The van der Waals surface area contributed by atoms with E-state index in [0.717, 1.165) is 39.5 Å². The number of rotatable bonds is 9. The van der Waals surface area contributed by atoms with Crippen LogP contribution in [0.25, 0.3) is 11.5 Å². The molecule has 8 nitrogen and oxygen atoms in total. The highest BCUT2D eigenvalue weighted by molar-refractivity contribution is 5.69. The van der Waals surface area contributed by atoms with Crippen molar-refractivity contribution >= 4 is 12.1 Å². The monoisotopic (exact) mass is 520 g/mol. The number of aromatic nitrogens is 1. The summed E-state index contributed by atoms with van der Waals surface area (Å²) in [7, 11) is 0. The topological polar surface area (TPSA) is 102 Å². The maximum Gasteiger partial charge on any atom is 0.410 e. The van der Waals surface area contributed by atoms with Crippen LogP contribution in [0.15, 0.2) is 46.9 Å². The smallest absolute Gasteiger partial charge is 0.410 e. The molecule has 1 aliphatic heterocycles. The molecule has 1 N–H and O–H groups in total. The minimum absolute atomic E-state index is 0.0241. The lowest BCUT2D eigenvalue weighted by atomic mass is 9.92. The zero-order valence-corrected chi connectivity index (χ0v) is 22.6. The molecule has 202 valence electrons. The number of carboxylic acids is 1. The van der Waals surface area contributed by atoms with Crippen molar-refractivity contribution in [2.75, 3.05) is 19.8 Å². The molecule has 0 bridgehead atoms. The number of benzene rings is 2. The number of hydrogen-bond acceptors (Lipinski definition) is 6. The summed E-state index contributed by atoms with van der Waals surface area (Å²) in [5.74, 6) is 1.26. The zero-order valence-electron chi connectivity index (χ0n) is 22.6. The Balaban J connectivity index is 1.47. The molecular formula is C30H36N2O6. The van der Waals surface area contributed by atoms with Crippen LogP contribution in [0.5, 0.6) is 5.75 Å². The van der Waals surface area contributed by atoms with E-state index in [4.69, 9.17) is 13.9 Å². The molecule has 8 heteroatoms. The third kappa shape index (κ3) is 6.94. The van der Waals surface area contributed by atoms with Gasteiger partial charge in [0.2, 0.25) is 5.89 Å². The second kappa shape index (κ2) is 11.7. The summed E-state index contributed by atoms with van der Waals surface area (Å²) in [6.07, 6.45) is 1.26. The summed E-state index contributed by atoms with van der Waals surface area (Å²) in [4.78, 5) is 30.3. The van der Waals surface area contributed by atoms with Crippen molar-refractivity contribution in [3.8, 4) is 17.2 Å². The van der Waals surface area contributed by atoms with Gasteiger partial charge in [-0.05, 0) is 54.5 Å². The maximum atomic E-state index is 12.7. The lowest BCUT2D eigenvalue weighted by Gasteiger charge is -2.32. The molecule has 4 rings (SSSR count). The van der Waals surface area contributed by atoms with Gasteiger partial charge in [0.25, 0.3) is 0 Å². The largest absolute Gasteiger partial charge is 0.493 e. The first-order chi connectivity index (χ1) is 18.1. The molecule has 0 unspecified atom stereocenters. The summed E-state index contributed by atoms with van der Waals surface area (Å²) in [5, 5.41) is 9.22. The van der Waals surface area contributed by atoms with E-state index in [-0.39, 0.29) is 17.9 Å². The van der Waals surface area contributed by atoms with Crippen LogP contribution >= 0.6 is 0 Å². The number of carboxylic acid groups (broad SMARTS) is 1. The van der Waals surface area contributed by atoms with Gasteiger partial charge in [0, 0.05) is 37.1 Å². The molecule has 1 aromatic heterocycles. The van der Waals surface area contributed by atoms with Gasteiger partial charge in [0.15, 0.2) is 0 Å². The van der Waals surface area contributed by atoms with Gasteiger partial charge >= 0.3 is 12.1 Å². The predicted octanol–water partition coefficient (Wildman–Crippen LogP) is 5.83. The molecule has 0 atom stereocenters. The predicted molar refractivity (Wildman–Crippen MR) is 143 cm³/mol. The molecule has 0 aliphatic carbocycles. The van der Waals surface area contributed by atoms with E-state index in [9.17, 15) is 14.7 Å². The van der Waals surface area contributed by atoms with Crippen LogP contribution in [0.3, 0.4) is 0 Å². The molecule has 0 fully saturated rings. The molecule has 2 aromatic carbocycles. The number of amides is 1. The Morgan fingerprint density at radius 2 is 1.84 bits per heavy atom. The van der Waals surface area contributed by atoms with Crippen LogP contribution in [-0.2, 0) is 35.3 Å². The van der Waals surface area contributed by atoms with E-state index in [1.807, 2.05) is 70.2 Å². The second-order valence-electron chi connectivity index (χ2n) is 10.8. The van der Waals surface area contributed by atoms with E-state index < -0.39 is 5.97 Å². The second-order valence-corrected chi connectivity index (χ2v) is 10.8. The third-order valence-electron chi connectivity index (χ3n) is 6.47. The van der Waals surface area contributed by atoms with Crippen molar-refractivity contribution in [1.29, 1.82) is 0 Å². The van der Waals surface area contributed by atoms with Gasteiger partial charge in [0.05, 0.1) is 18.9 Å². The summed E-state index contributed by atoms with van der Waals surface area (Å²) >= 11 is 0. The van der Waals surface area contributed by atoms with Crippen molar-refractivity contribution in [2.45, 2.75) is 59.9 Å². The van der Waals surface area contributed by atoms with Crippen LogP contribution in [-0.4, -0.2) is 46.8 Å². The summed E-state index contributed by atoms with van der Waals surface area (Å²) in [6.45, 7) is 9.58. The number of aryl methyl sites for hydroxylation is 2. The van der Waals surface area contributed by atoms with Crippen LogP contribution in [0.2, 0.25) is 0 Å². The molecule has 38 heavy (non-hydrogen) atoms. The maximum absolute atomic E-state index is 12.7. The Hall–Kier alpha value is -3.81. The lowest BCUT2D eigenvalue weighted by Crippen LogP contribution is -2.38. The molecule has 0 saturated heterocycles. The first kappa shape index (κ1) is 27.2. The normalized spacial score (nSPS) is 13.2. The van der Waals surface area contributed by atoms with Crippen LogP contribution in [0.1, 0.15) is 55.3 Å². The number of oxazole rings is 1. The lowest BCUT2D eigenvalue weighted by molar-refractivity contribution is -0.136. The van der Waals surface area contributed by atoms with Crippen LogP contribution < -0.4 is 4.74 Å². The molecule has 2 heterocycles. The average molecular weight is 521 g/mol. The molecule has 0 spiro atoms. The first-order valence-corrected chi connectivity index (χ1v) is 13.0. The fourth-order valence-electron chi connectivity index (χ4n) is 4.47. The minimum atomic E-state index is -0.853. The van der Waals surface area contributed by atoms with E-state index >= 15 is 0 Å². The molecular weight excluding hydrogens is 484 g/mol. The number of fused-ring (bicyclic) bond motifs is 1. The van der Waals surface area contributed by atoms with Gasteiger partial charge in [-0.15, -0.1) is 0 Å². The van der Waals surface area contributed by atoms with Crippen molar-refractivity contribution in [3.63, 3.8) is 0 Å². The Labute approximate surface area is 223 Å². The third-order valence-corrected chi connectivity index (χ3v) is 6.47. The number of carbonyl (C=O) groups is 2. The Bertz CT molecular complexity index is 1280. The Morgan fingerprint density at radius 1 is 1.08 bits per heavy atom. The molecule has 1 amide bonds. The highest BCUT2D eigenvalue weighted by Gasteiger charge is 2.27. The summed E-state index contributed by atoms with van der Waals surface area (Å²) < 4.78 is 17.6. The highest BCUT2D eigenvalue weighted by Crippen LogP contribution is 2.32. The Kier molecular flexibility index (Phi) is 8.39. The number of hydrogen-bond donors (Lipinski definition) is 1. The first-order valence-electron chi connectivity index (χ1n) is 13.0. The van der Waals surface area contributed by atoms with Crippen molar-refractivity contribution in [2.24, 2.45) is 5.41 Å². The number of aliphatic carboxylic acids is 1. The standard InChI is InChI=1S/C30H36N2O6/c1-20-25(31-28(38-20)22-8-6-5-7-9-22)15-17-36-26-12-10-21(11-13-27(33)34)24-18-32(16-14-23(24)26)29(35)37-19-30(2,3)4/h5-10,12H,11,13-19H2,1-4H3,(H,33,34). The molecule has 3 aromatic rings. The minimum Gasteiger partial charge on any atom is -0.493 e. The quantitative estimate of drug-likeness (QED) is 0.379. The summed E-state index contributed by atoms with van der Waals surface area (Å²) in [5.41, 5.74) is 4.55. The van der Waals surface area contributed by atoms with Gasteiger partial charge in [-0.1, -0.05) is 45.0 Å². The van der Waals surface area contributed by atoms with E-state index in [1.54, 1.807) is 4.90 Å². The van der Waals surface area contributed by atoms with Crippen LogP contribution in [0.4, 0.5) is 4.79 Å². The Morgan fingerprint density at radius 3 is 2.55 bits per heavy atom. The zero-order chi connectivity index (χ0) is 27.3. The van der Waals surface area contributed by atoms with Crippen molar-refractivity contribution < 1.29 is 28.6 Å². The van der Waals surface area contributed by atoms with Gasteiger partial charge in [-0.3, -0.25) is 4.79 Å². The molecule has 0 radical (unpaired) electrons. The molecule has 0 saturated carbocycles. The number of carbonyl (C=O) groups excluding carboxylic acids is 1. The average Bonchev–Trinajstić information content (AvgIpc) is 3.26. The fourth-order valence-corrected chi connectivity index (χ4v) is 4.47. The van der Waals surface area contributed by atoms with Crippen molar-refractivity contribution in [3.05, 3.63) is 70.6 Å². The van der Waals surface area contributed by atoms with Gasteiger partial charge in [0.1, 0.15) is 11.5 Å². The number of ether oxygens (including phenoxy) is 2. The van der Waals surface area contributed by atoms with Gasteiger partial charge < -0.3 is 23.9 Å². The van der Waals surface area contributed by atoms with Crippen molar-refractivity contribution in [1.82, 2.24) is 9.88 Å². The van der Waals surface area contributed by atoms with E-state index in [1.165, 1.54) is 0 Å². The SMILES string of the molecule is Cc1oc(-c2ccccc2)nc1CCOc1ccc(CCC(=O)O)c2c1CCN(C(=O)OCC(C)(C)C)C2. The van der Waals surface area contributed by atoms with Gasteiger partial charge in [-0.25, -0.2) is 9.78 Å². The fraction of sp³-hybridized carbons (Fsp3) is 0.433. The molecule has 1 aliphatic rings.